The first-order chi connectivity index (χ1) is 14.8. The van der Waals surface area contributed by atoms with Gasteiger partial charge in [0.2, 0.25) is 5.91 Å². The Morgan fingerprint density at radius 2 is 1.62 bits per heavy atom. The molecule has 0 aliphatic heterocycles. The van der Waals surface area contributed by atoms with Gasteiger partial charge >= 0.3 is 12.4 Å². The Morgan fingerprint density at radius 1 is 1.00 bits per heavy atom. The molecule has 0 aliphatic rings. The van der Waals surface area contributed by atoms with Crippen LogP contribution in [-0.4, -0.2) is 26.8 Å². The molecule has 0 atom stereocenters. The number of alkyl halides is 6. The summed E-state index contributed by atoms with van der Waals surface area (Å²) in [6.07, 6.45) is -10.00. The van der Waals surface area contributed by atoms with Crippen LogP contribution >= 0.6 is 23.1 Å². The lowest BCUT2D eigenvalue weighted by Crippen LogP contribution is -2.17. The summed E-state index contributed by atoms with van der Waals surface area (Å²) in [5.74, 6) is -1.08. The molecule has 1 amide bonds. The second kappa shape index (κ2) is 9.06. The Kier molecular flexibility index (Phi) is 6.79. The number of hydrogen-bond acceptors (Lipinski definition) is 6. The number of thioether (sulfide) groups is 1. The van der Waals surface area contributed by atoms with E-state index in [2.05, 4.69) is 20.5 Å². The zero-order valence-corrected chi connectivity index (χ0v) is 18.1. The number of aromatic nitrogens is 3. The van der Waals surface area contributed by atoms with Gasteiger partial charge in [0.25, 0.3) is 0 Å². The number of halogens is 6. The summed E-state index contributed by atoms with van der Waals surface area (Å²) in [7, 11) is 0. The minimum Gasteiger partial charge on any atom is -0.325 e. The molecule has 0 saturated carbocycles. The zero-order chi connectivity index (χ0) is 23.7. The molecule has 0 radical (unpaired) electrons. The van der Waals surface area contributed by atoms with Crippen molar-refractivity contribution in [1.29, 1.82) is 0 Å². The summed E-state index contributed by atoms with van der Waals surface area (Å²) in [5, 5.41) is 11.4. The molecule has 1 aromatic carbocycles. The van der Waals surface area contributed by atoms with Crippen molar-refractivity contribution in [3.05, 3.63) is 52.2 Å². The number of amides is 1. The molecule has 3 rings (SSSR count). The first-order valence-corrected chi connectivity index (χ1v) is 10.6. The fourth-order valence-corrected chi connectivity index (χ4v) is 4.15. The molecule has 170 valence electrons. The SMILES string of the molecule is Cc1nc(C)c(-c2ccc(SCC(=O)Nc3cc(C(F)(F)F)cc(C(F)(F)F)c3)nn2)s1. The highest BCUT2D eigenvalue weighted by molar-refractivity contribution is 7.99. The molecular weight excluding hydrogens is 478 g/mol. The fourth-order valence-electron chi connectivity index (χ4n) is 2.65. The number of benzene rings is 1. The van der Waals surface area contributed by atoms with Gasteiger partial charge in [-0.15, -0.1) is 21.5 Å². The third kappa shape index (κ3) is 5.97. The van der Waals surface area contributed by atoms with Gasteiger partial charge in [0, 0.05) is 5.69 Å². The van der Waals surface area contributed by atoms with Gasteiger partial charge in [0.1, 0.15) is 10.7 Å². The van der Waals surface area contributed by atoms with Crippen molar-refractivity contribution in [3.8, 4) is 10.6 Å². The minimum absolute atomic E-state index is 0.00608. The number of aryl methyl sites for hydroxylation is 2. The lowest BCUT2D eigenvalue weighted by atomic mass is 10.1. The highest BCUT2D eigenvalue weighted by Gasteiger charge is 2.37. The summed E-state index contributed by atoms with van der Waals surface area (Å²) < 4.78 is 77.5. The Hall–Kier alpha value is -2.67. The fraction of sp³-hybridized carbons (Fsp3) is 0.263. The summed E-state index contributed by atoms with van der Waals surface area (Å²) in [4.78, 5) is 17.3. The standard InChI is InChI=1S/C19H14F6N4OS2/c1-9-17(32-10(2)26-9)14-3-4-16(29-28-14)31-8-15(30)27-13-6-11(18(20,21)22)5-12(7-13)19(23,24)25/h3-7H,8H2,1-2H3,(H,27,30). The van der Waals surface area contributed by atoms with Gasteiger partial charge in [-0.1, -0.05) is 11.8 Å². The number of nitrogens with one attached hydrogen (secondary N) is 1. The van der Waals surface area contributed by atoms with E-state index in [1.807, 2.05) is 13.8 Å². The maximum absolute atomic E-state index is 12.9. The van der Waals surface area contributed by atoms with Gasteiger partial charge in [-0.3, -0.25) is 4.79 Å². The molecule has 2 heterocycles. The smallest absolute Gasteiger partial charge is 0.325 e. The van der Waals surface area contributed by atoms with E-state index in [0.29, 0.717) is 22.9 Å². The second-order valence-corrected chi connectivity index (χ2v) is 8.73. The highest BCUT2D eigenvalue weighted by Crippen LogP contribution is 2.37. The van der Waals surface area contributed by atoms with E-state index < -0.39 is 35.1 Å². The number of rotatable bonds is 5. The van der Waals surface area contributed by atoms with Crippen LogP contribution < -0.4 is 5.32 Å². The molecule has 0 spiro atoms. The maximum Gasteiger partial charge on any atom is 0.416 e. The zero-order valence-electron chi connectivity index (χ0n) is 16.4. The molecule has 3 aromatic rings. The minimum atomic E-state index is -5.00. The van der Waals surface area contributed by atoms with Crippen molar-refractivity contribution in [2.75, 3.05) is 11.1 Å². The lowest BCUT2D eigenvalue weighted by molar-refractivity contribution is -0.143. The maximum atomic E-state index is 12.9. The van der Waals surface area contributed by atoms with Crippen molar-refractivity contribution in [3.63, 3.8) is 0 Å². The molecule has 5 nitrogen and oxygen atoms in total. The topological polar surface area (TPSA) is 67.8 Å². The molecule has 0 saturated heterocycles. The average molecular weight is 492 g/mol. The Morgan fingerprint density at radius 3 is 2.09 bits per heavy atom. The van der Waals surface area contributed by atoms with E-state index in [1.165, 1.54) is 11.3 Å². The molecular formula is C19H14F6N4OS2. The summed E-state index contributed by atoms with van der Waals surface area (Å²) >= 11 is 2.39. The van der Waals surface area contributed by atoms with E-state index in [0.717, 1.165) is 27.3 Å². The predicted molar refractivity (Wildman–Crippen MR) is 108 cm³/mol. The van der Waals surface area contributed by atoms with E-state index in [1.54, 1.807) is 12.1 Å². The largest absolute Gasteiger partial charge is 0.416 e. The first kappa shape index (κ1) is 24.0. The third-order valence-electron chi connectivity index (χ3n) is 4.00. The summed E-state index contributed by atoms with van der Waals surface area (Å²) in [6.45, 7) is 3.70. The van der Waals surface area contributed by atoms with Crippen LogP contribution in [0.25, 0.3) is 10.6 Å². The van der Waals surface area contributed by atoms with Crippen molar-refractivity contribution in [1.82, 2.24) is 15.2 Å². The normalized spacial score (nSPS) is 12.1. The molecule has 0 fully saturated rings. The van der Waals surface area contributed by atoms with Crippen LogP contribution in [0.5, 0.6) is 0 Å². The summed E-state index contributed by atoms with van der Waals surface area (Å²) in [6, 6.07) is 4.20. The lowest BCUT2D eigenvalue weighted by Gasteiger charge is -2.14. The quantitative estimate of drug-likeness (QED) is 0.350. The first-order valence-electron chi connectivity index (χ1n) is 8.83. The van der Waals surface area contributed by atoms with Crippen LogP contribution in [0.4, 0.5) is 32.0 Å². The van der Waals surface area contributed by atoms with Gasteiger partial charge in [-0.25, -0.2) is 4.98 Å². The van der Waals surface area contributed by atoms with Crippen LogP contribution in [0.2, 0.25) is 0 Å². The van der Waals surface area contributed by atoms with Gasteiger partial charge in [-0.2, -0.15) is 26.3 Å². The summed E-state index contributed by atoms with van der Waals surface area (Å²) in [5.41, 5.74) is -2.21. The van der Waals surface area contributed by atoms with Crippen molar-refractivity contribution in [2.24, 2.45) is 0 Å². The number of hydrogen-bond donors (Lipinski definition) is 1. The Labute approximate surface area is 186 Å². The molecule has 1 N–H and O–H groups in total. The third-order valence-corrected chi connectivity index (χ3v) is 6.01. The number of carbonyl (C=O) groups excluding carboxylic acids is 1. The van der Waals surface area contributed by atoms with Crippen molar-refractivity contribution in [2.45, 2.75) is 31.2 Å². The molecule has 0 unspecified atom stereocenters. The molecule has 0 bridgehead atoms. The molecule has 0 aliphatic carbocycles. The second-order valence-electron chi connectivity index (χ2n) is 6.54. The van der Waals surface area contributed by atoms with Gasteiger partial charge in [0.15, 0.2) is 0 Å². The van der Waals surface area contributed by atoms with Crippen molar-refractivity contribution < 1.29 is 31.1 Å². The number of nitrogens with zero attached hydrogens (tertiary/aromatic N) is 3. The van der Waals surface area contributed by atoms with E-state index in [4.69, 9.17) is 0 Å². The van der Waals surface area contributed by atoms with Gasteiger partial charge in [0.05, 0.1) is 32.5 Å². The Bertz CT molecular complexity index is 1090. The van der Waals surface area contributed by atoms with E-state index >= 15 is 0 Å². The predicted octanol–water partition coefficient (Wildman–Crippen LogP) is 5.99. The van der Waals surface area contributed by atoms with Crippen LogP contribution in [0, 0.1) is 13.8 Å². The van der Waals surface area contributed by atoms with Crippen LogP contribution in [0.15, 0.2) is 35.4 Å². The van der Waals surface area contributed by atoms with Crippen LogP contribution in [-0.2, 0) is 17.1 Å². The number of thiazole rings is 1. The van der Waals surface area contributed by atoms with Crippen LogP contribution in [0.3, 0.4) is 0 Å². The van der Waals surface area contributed by atoms with Crippen molar-refractivity contribution >= 4 is 34.7 Å². The Balaban J connectivity index is 1.68. The van der Waals surface area contributed by atoms with E-state index in [9.17, 15) is 31.1 Å². The number of anilines is 1. The van der Waals surface area contributed by atoms with Gasteiger partial charge < -0.3 is 5.32 Å². The average Bonchev–Trinajstić information content (AvgIpc) is 3.03. The van der Waals surface area contributed by atoms with Gasteiger partial charge in [-0.05, 0) is 44.2 Å². The highest BCUT2D eigenvalue weighted by atomic mass is 32.2. The molecule has 2 aromatic heterocycles. The van der Waals surface area contributed by atoms with E-state index in [-0.39, 0.29) is 11.8 Å². The van der Waals surface area contributed by atoms with Crippen LogP contribution in [0.1, 0.15) is 21.8 Å². The molecule has 13 heteroatoms. The molecule has 32 heavy (non-hydrogen) atoms. The number of carbonyl (C=O) groups is 1. The monoisotopic (exact) mass is 492 g/mol.